The predicted molar refractivity (Wildman–Crippen MR) is 65.6 cm³/mol. The number of amides is 1. The minimum atomic E-state index is -0.924. The van der Waals surface area contributed by atoms with Crippen LogP contribution >= 0.6 is 0 Å². The normalized spacial score (nSPS) is 24.4. The van der Waals surface area contributed by atoms with Crippen molar-refractivity contribution in [3.63, 3.8) is 0 Å². The summed E-state index contributed by atoms with van der Waals surface area (Å²) in [5, 5.41) is 8.98. The number of rotatable bonds is 2. The molecule has 0 radical (unpaired) electrons. The van der Waals surface area contributed by atoms with Gasteiger partial charge >= 0.3 is 5.97 Å². The predicted octanol–water partition coefficient (Wildman–Crippen LogP) is 2.13. The van der Waals surface area contributed by atoms with Gasteiger partial charge in [-0.05, 0) is 31.1 Å². The second kappa shape index (κ2) is 5.07. The number of likely N-dealkylation sites (tertiary alicyclic amines) is 1. The first-order valence-electron chi connectivity index (χ1n) is 6.25. The zero-order valence-electron chi connectivity index (χ0n) is 11.2. The summed E-state index contributed by atoms with van der Waals surface area (Å²) in [6, 6.07) is -0.707. The maximum absolute atomic E-state index is 11.9. The van der Waals surface area contributed by atoms with Crippen molar-refractivity contribution in [2.24, 2.45) is 11.3 Å². The molecular weight excluding hydrogens is 218 g/mol. The summed E-state index contributed by atoms with van der Waals surface area (Å²) in [7, 11) is 0. The molecule has 0 aromatic carbocycles. The molecule has 1 aliphatic rings. The number of carbonyl (C=O) groups is 2. The minimum absolute atomic E-state index is 0.0216. The average molecular weight is 241 g/mol. The van der Waals surface area contributed by atoms with E-state index in [1.165, 1.54) is 4.90 Å². The average Bonchev–Trinajstić information content (AvgIpc) is 2.38. The van der Waals surface area contributed by atoms with E-state index < -0.39 is 12.0 Å². The third-order valence-electron chi connectivity index (χ3n) is 3.80. The van der Waals surface area contributed by atoms with Crippen LogP contribution in [0.3, 0.4) is 0 Å². The second-order valence-corrected chi connectivity index (χ2v) is 5.99. The summed E-state index contributed by atoms with van der Waals surface area (Å²) >= 11 is 0. The van der Waals surface area contributed by atoms with E-state index in [1.807, 2.05) is 0 Å². The van der Waals surface area contributed by atoms with Crippen LogP contribution in [0.1, 0.15) is 47.0 Å². The monoisotopic (exact) mass is 241 g/mol. The molecule has 2 unspecified atom stereocenters. The molecule has 0 spiro atoms. The van der Waals surface area contributed by atoms with E-state index in [9.17, 15) is 9.59 Å². The number of carboxylic acid groups (broad SMARTS) is 1. The molecule has 1 fully saturated rings. The lowest BCUT2D eigenvalue weighted by Gasteiger charge is -2.30. The number of aliphatic carboxylic acids is 1. The van der Waals surface area contributed by atoms with E-state index in [0.29, 0.717) is 18.9 Å². The summed E-state index contributed by atoms with van der Waals surface area (Å²) in [6.45, 7) is 8.68. The fourth-order valence-corrected chi connectivity index (χ4v) is 2.41. The van der Waals surface area contributed by atoms with Crippen LogP contribution in [0.15, 0.2) is 0 Å². The number of carbonyl (C=O) groups excluding carboxylic acids is 1. The van der Waals surface area contributed by atoms with Gasteiger partial charge in [-0.15, -0.1) is 0 Å². The Morgan fingerprint density at radius 2 is 2.00 bits per heavy atom. The van der Waals surface area contributed by atoms with Gasteiger partial charge in [0.05, 0.1) is 0 Å². The molecule has 1 aliphatic heterocycles. The van der Waals surface area contributed by atoms with Crippen molar-refractivity contribution in [2.75, 3.05) is 6.54 Å². The molecule has 98 valence electrons. The lowest BCUT2D eigenvalue weighted by molar-refractivity contribution is -0.149. The van der Waals surface area contributed by atoms with Crippen LogP contribution in [0.2, 0.25) is 0 Å². The minimum Gasteiger partial charge on any atom is -0.480 e. The Morgan fingerprint density at radius 3 is 2.47 bits per heavy atom. The molecule has 1 amide bonds. The van der Waals surface area contributed by atoms with E-state index in [2.05, 4.69) is 20.8 Å². The Bertz CT molecular complexity index is 306. The largest absolute Gasteiger partial charge is 0.480 e. The van der Waals surface area contributed by atoms with Crippen molar-refractivity contribution in [3.8, 4) is 0 Å². The van der Waals surface area contributed by atoms with Gasteiger partial charge in [-0.1, -0.05) is 20.8 Å². The highest BCUT2D eigenvalue weighted by atomic mass is 16.4. The van der Waals surface area contributed by atoms with Crippen LogP contribution in [0.25, 0.3) is 0 Å². The third kappa shape index (κ3) is 3.45. The number of hydrogen-bond acceptors (Lipinski definition) is 2. The van der Waals surface area contributed by atoms with E-state index in [1.54, 1.807) is 6.92 Å². The van der Waals surface area contributed by atoms with Crippen LogP contribution in [0, 0.1) is 11.3 Å². The summed E-state index contributed by atoms with van der Waals surface area (Å²) in [6.07, 6.45) is 2.23. The third-order valence-corrected chi connectivity index (χ3v) is 3.80. The summed E-state index contributed by atoms with van der Waals surface area (Å²) in [5.41, 5.74) is 0.183. The smallest absolute Gasteiger partial charge is 0.326 e. The Morgan fingerprint density at radius 1 is 1.41 bits per heavy atom. The van der Waals surface area contributed by atoms with Gasteiger partial charge in [-0.2, -0.15) is 0 Å². The molecule has 0 saturated carbocycles. The first-order valence-corrected chi connectivity index (χ1v) is 6.25. The van der Waals surface area contributed by atoms with Crippen molar-refractivity contribution >= 4 is 11.9 Å². The maximum atomic E-state index is 11.9. The van der Waals surface area contributed by atoms with Crippen LogP contribution in [-0.2, 0) is 9.59 Å². The zero-order valence-corrected chi connectivity index (χ0v) is 11.2. The van der Waals surface area contributed by atoms with Gasteiger partial charge < -0.3 is 10.0 Å². The molecule has 1 saturated heterocycles. The molecule has 1 N–H and O–H groups in total. The highest BCUT2D eigenvalue weighted by molar-refractivity contribution is 5.83. The van der Waals surface area contributed by atoms with Crippen molar-refractivity contribution in [2.45, 2.75) is 53.0 Å². The molecule has 4 heteroatoms. The van der Waals surface area contributed by atoms with Crippen molar-refractivity contribution < 1.29 is 14.7 Å². The summed E-state index contributed by atoms with van der Waals surface area (Å²) in [5.74, 6) is -0.461. The van der Waals surface area contributed by atoms with E-state index in [4.69, 9.17) is 5.11 Å². The molecule has 0 aliphatic carbocycles. The Labute approximate surface area is 103 Å². The van der Waals surface area contributed by atoms with Crippen LogP contribution in [0.4, 0.5) is 0 Å². The summed E-state index contributed by atoms with van der Waals surface area (Å²) < 4.78 is 0. The SMILES string of the molecule is CC(C(=O)O)N1CCC(C(C)(C)C)CCC1=O. The molecule has 1 heterocycles. The highest BCUT2D eigenvalue weighted by Crippen LogP contribution is 2.34. The second-order valence-electron chi connectivity index (χ2n) is 5.99. The van der Waals surface area contributed by atoms with Crippen molar-refractivity contribution in [3.05, 3.63) is 0 Å². The van der Waals surface area contributed by atoms with E-state index >= 15 is 0 Å². The van der Waals surface area contributed by atoms with Crippen LogP contribution in [0.5, 0.6) is 0 Å². The van der Waals surface area contributed by atoms with Crippen molar-refractivity contribution in [1.29, 1.82) is 0 Å². The zero-order chi connectivity index (χ0) is 13.2. The van der Waals surface area contributed by atoms with E-state index in [0.717, 1.165) is 12.8 Å². The summed E-state index contributed by atoms with van der Waals surface area (Å²) in [4.78, 5) is 24.3. The first kappa shape index (κ1) is 14.0. The van der Waals surface area contributed by atoms with Crippen LogP contribution < -0.4 is 0 Å². The van der Waals surface area contributed by atoms with Gasteiger partial charge in [0.15, 0.2) is 0 Å². The van der Waals surface area contributed by atoms with Gasteiger partial charge in [0.25, 0.3) is 0 Å². The molecular formula is C13H23NO3. The van der Waals surface area contributed by atoms with Gasteiger partial charge in [-0.25, -0.2) is 4.79 Å². The molecule has 4 nitrogen and oxygen atoms in total. The molecule has 17 heavy (non-hydrogen) atoms. The quantitative estimate of drug-likeness (QED) is 0.805. The van der Waals surface area contributed by atoms with E-state index in [-0.39, 0.29) is 11.3 Å². The number of hydrogen-bond donors (Lipinski definition) is 1. The highest BCUT2D eigenvalue weighted by Gasteiger charge is 2.33. The first-order chi connectivity index (χ1) is 7.73. The Hall–Kier alpha value is -1.06. The molecule has 0 bridgehead atoms. The lowest BCUT2D eigenvalue weighted by Crippen LogP contribution is -2.43. The Kier molecular flexibility index (Phi) is 4.17. The van der Waals surface area contributed by atoms with Gasteiger partial charge in [0.1, 0.15) is 6.04 Å². The standard InChI is InChI=1S/C13H23NO3/c1-9(12(16)17)14-8-7-10(13(2,3)4)5-6-11(14)15/h9-10H,5-8H2,1-4H3,(H,16,17). The Balaban J connectivity index is 2.74. The molecule has 2 atom stereocenters. The maximum Gasteiger partial charge on any atom is 0.326 e. The lowest BCUT2D eigenvalue weighted by atomic mass is 9.77. The van der Waals surface area contributed by atoms with Crippen LogP contribution in [-0.4, -0.2) is 34.5 Å². The molecule has 1 rings (SSSR count). The van der Waals surface area contributed by atoms with Crippen molar-refractivity contribution in [1.82, 2.24) is 4.90 Å². The van der Waals surface area contributed by atoms with Gasteiger partial charge in [-0.3, -0.25) is 4.79 Å². The fourth-order valence-electron chi connectivity index (χ4n) is 2.41. The number of nitrogens with zero attached hydrogens (tertiary/aromatic N) is 1. The molecule has 0 aromatic heterocycles. The number of carboxylic acids is 1. The van der Waals surface area contributed by atoms with Gasteiger partial charge in [0, 0.05) is 13.0 Å². The molecule has 0 aromatic rings. The van der Waals surface area contributed by atoms with Gasteiger partial charge in [0.2, 0.25) is 5.91 Å². The topological polar surface area (TPSA) is 57.6 Å². The fraction of sp³-hybridized carbons (Fsp3) is 0.846.